The van der Waals surface area contributed by atoms with Gasteiger partial charge in [0.2, 0.25) is 0 Å². The summed E-state index contributed by atoms with van der Waals surface area (Å²) in [6.07, 6.45) is 5.33. The third-order valence-corrected chi connectivity index (χ3v) is 2.66. The Morgan fingerprint density at radius 2 is 1.20 bits per heavy atom. The van der Waals surface area contributed by atoms with Crippen LogP contribution in [0.5, 0.6) is 0 Å². The summed E-state index contributed by atoms with van der Waals surface area (Å²) in [7, 11) is 0. The van der Waals surface area contributed by atoms with E-state index in [9.17, 15) is 0 Å². The van der Waals surface area contributed by atoms with Crippen LogP contribution in [0, 0.1) is 0 Å². The number of rotatable bonds is 2. The van der Waals surface area contributed by atoms with E-state index in [1.165, 1.54) is 0 Å². The van der Waals surface area contributed by atoms with Crippen molar-refractivity contribution < 1.29 is 36.5 Å². The standard InChI is InChI=1S/C15H11N3.Fe.Ru/c1-3-9-16-13(7-1)12-6-5-11-18-15(12)14-8-2-4-10-17-14;;/h1-11H;;. The van der Waals surface area contributed by atoms with Crippen molar-refractivity contribution in [3.8, 4) is 22.6 Å². The molecule has 3 nitrogen and oxygen atoms in total. The van der Waals surface area contributed by atoms with Gasteiger partial charge in [0.25, 0.3) is 0 Å². The summed E-state index contributed by atoms with van der Waals surface area (Å²) < 4.78 is 0. The van der Waals surface area contributed by atoms with Gasteiger partial charge in [0.1, 0.15) is 0 Å². The average molecular weight is 390 g/mol. The van der Waals surface area contributed by atoms with Gasteiger partial charge in [0, 0.05) is 60.7 Å². The monoisotopic (exact) mass is 391 g/mol. The number of pyridine rings is 3. The van der Waals surface area contributed by atoms with Crippen molar-refractivity contribution in [2.75, 3.05) is 0 Å². The SMILES string of the molecule is [Fe].[Ru].c1ccc(-c2cccnc2-c2ccccn2)nc1. The Bertz CT molecular complexity index is 589. The molecule has 0 aliphatic carbocycles. The van der Waals surface area contributed by atoms with Crippen molar-refractivity contribution in [2.45, 2.75) is 0 Å². The molecule has 20 heavy (non-hydrogen) atoms. The van der Waals surface area contributed by atoms with Crippen molar-refractivity contribution in [1.82, 2.24) is 15.0 Å². The molecule has 3 rings (SSSR count). The largest absolute Gasteiger partial charge is 0.256 e. The van der Waals surface area contributed by atoms with Crippen LogP contribution in [0.4, 0.5) is 0 Å². The first-order chi connectivity index (χ1) is 8.95. The van der Waals surface area contributed by atoms with Crippen molar-refractivity contribution >= 4 is 0 Å². The second kappa shape index (κ2) is 8.01. The van der Waals surface area contributed by atoms with Crippen LogP contribution in [0.1, 0.15) is 0 Å². The van der Waals surface area contributed by atoms with E-state index in [0.29, 0.717) is 0 Å². The molecule has 0 saturated carbocycles. The van der Waals surface area contributed by atoms with Crippen LogP contribution in [0.3, 0.4) is 0 Å². The van der Waals surface area contributed by atoms with Crippen molar-refractivity contribution in [1.29, 1.82) is 0 Å². The van der Waals surface area contributed by atoms with E-state index in [2.05, 4.69) is 15.0 Å². The van der Waals surface area contributed by atoms with E-state index in [-0.39, 0.29) is 36.5 Å². The molecule has 5 heteroatoms. The Labute approximate surface area is 141 Å². The fourth-order valence-corrected chi connectivity index (χ4v) is 1.84. The van der Waals surface area contributed by atoms with E-state index in [1.54, 1.807) is 18.6 Å². The molecule has 0 amide bonds. The van der Waals surface area contributed by atoms with Crippen LogP contribution >= 0.6 is 0 Å². The molecule has 0 unspecified atom stereocenters. The van der Waals surface area contributed by atoms with Gasteiger partial charge in [-0.3, -0.25) is 15.0 Å². The number of hydrogen-bond acceptors (Lipinski definition) is 3. The Morgan fingerprint density at radius 3 is 1.80 bits per heavy atom. The van der Waals surface area contributed by atoms with Crippen LogP contribution in [0.15, 0.2) is 67.1 Å². The first-order valence-electron chi connectivity index (χ1n) is 5.73. The zero-order valence-electron chi connectivity index (χ0n) is 10.4. The number of hydrogen-bond donors (Lipinski definition) is 0. The number of aromatic nitrogens is 3. The third-order valence-electron chi connectivity index (χ3n) is 2.66. The maximum absolute atomic E-state index is 4.42. The van der Waals surface area contributed by atoms with Crippen LogP contribution in [-0.2, 0) is 36.5 Å². The van der Waals surface area contributed by atoms with Gasteiger partial charge in [0.15, 0.2) is 0 Å². The van der Waals surface area contributed by atoms with E-state index < -0.39 is 0 Å². The molecule has 0 aliphatic rings. The summed E-state index contributed by atoms with van der Waals surface area (Å²) in [5.74, 6) is 0. The second-order valence-corrected chi connectivity index (χ2v) is 3.83. The minimum absolute atomic E-state index is 0. The zero-order valence-corrected chi connectivity index (χ0v) is 13.2. The summed E-state index contributed by atoms with van der Waals surface area (Å²) in [5.41, 5.74) is 3.62. The Balaban J connectivity index is 0.000001000. The summed E-state index contributed by atoms with van der Waals surface area (Å²) in [6.45, 7) is 0. The van der Waals surface area contributed by atoms with E-state index in [1.807, 2.05) is 48.5 Å². The summed E-state index contributed by atoms with van der Waals surface area (Å²) in [4.78, 5) is 13.1. The first kappa shape index (κ1) is 16.6. The smallest absolute Gasteiger partial charge is 0.0980 e. The Kier molecular flexibility index (Phi) is 6.67. The van der Waals surface area contributed by atoms with Gasteiger partial charge in [0.05, 0.1) is 17.1 Å². The molecule has 0 bridgehead atoms. The van der Waals surface area contributed by atoms with Crippen LogP contribution in [0.2, 0.25) is 0 Å². The average Bonchev–Trinajstić information content (AvgIpc) is 2.49. The maximum Gasteiger partial charge on any atom is 0.0980 e. The minimum Gasteiger partial charge on any atom is -0.256 e. The second-order valence-electron chi connectivity index (χ2n) is 3.83. The Morgan fingerprint density at radius 1 is 0.600 bits per heavy atom. The molecule has 102 valence electrons. The summed E-state index contributed by atoms with van der Waals surface area (Å²) >= 11 is 0. The molecule has 0 spiro atoms. The van der Waals surface area contributed by atoms with E-state index in [0.717, 1.165) is 22.6 Å². The molecule has 3 aromatic rings. The van der Waals surface area contributed by atoms with Gasteiger partial charge < -0.3 is 0 Å². The summed E-state index contributed by atoms with van der Waals surface area (Å²) in [6, 6.07) is 15.6. The molecular weight excluding hydrogens is 379 g/mol. The molecule has 0 aliphatic heterocycles. The van der Waals surface area contributed by atoms with Crippen molar-refractivity contribution in [3.05, 3.63) is 67.1 Å². The fourth-order valence-electron chi connectivity index (χ4n) is 1.84. The van der Waals surface area contributed by atoms with Crippen LogP contribution in [-0.4, -0.2) is 15.0 Å². The molecule has 3 aromatic heterocycles. The molecule has 3 heterocycles. The fraction of sp³-hybridized carbons (Fsp3) is 0. The van der Waals surface area contributed by atoms with Crippen LogP contribution in [0.25, 0.3) is 22.6 Å². The zero-order chi connectivity index (χ0) is 12.2. The Hall–Kier alpha value is -1.41. The van der Waals surface area contributed by atoms with Gasteiger partial charge in [-0.15, -0.1) is 0 Å². The first-order valence-corrected chi connectivity index (χ1v) is 5.73. The number of nitrogens with zero attached hydrogens (tertiary/aromatic N) is 3. The molecular formula is C15H11FeN3Ru. The topological polar surface area (TPSA) is 38.7 Å². The third kappa shape index (κ3) is 3.58. The van der Waals surface area contributed by atoms with Gasteiger partial charge >= 0.3 is 0 Å². The molecule has 0 fully saturated rings. The van der Waals surface area contributed by atoms with Crippen molar-refractivity contribution in [2.24, 2.45) is 0 Å². The molecule has 0 saturated heterocycles. The molecule has 0 aromatic carbocycles. The predicted octanol–water partition coefficient (Wildman–Crippen LogP) is 3.20. The van der Waals surface area contributed by atoms with E-state index in [4.69, 9.17) is 0 Å². The van der Waals surface area contributed by atoms with Gasteiger partial charge in [-0.1, -0.05) is 12.1 Å². The molecule has 0 atom stereocenters. The quantitative estimate of drug-likeness (QED) is 0.631. The molecule has 0 radical (unpaired) electrons. The van der Waals surface area contributed by atoms with Gasteiger partial charge in [-0.25, -0.2) is 0 Å². The van der Waals surface area contributed by atoms with Gasteiger partial charge in [-0.05, 0) is 36.4 Å². The summed E-state index contributed by atoms with van der Waals surface area (Å²) in [5, 5.41) is 0. The normalized spacial score (nSPS) is 9.20. The maximum atomic E-state index is 4.42. The molecule has 0 N–H and O–H groups in total. The van der Waals surface area contributed by atoms with Gasteiger partial charge in [-0.2, -0.15) is 0 Å². The minimum atomic E-state index is 0. The van der Waals surface area contributed by atoms with Crippen molar-refractivity contribution in [3.63, 3.8) is 0 Å². The van der Waals surface area contributed by atoms with E-state index >= 15 is 0 Å². The predicted molar refractivity (Wildman–Crippen MR) is 70.7 cm³/mol. The van der Waals surface area contributed by atoms with Crippen LogP contribution < -0.4 is 0 Å².